The predicted octanol–water partition coefficient (Wildman–Crippen LogP) is 3.47. The second kappa shape index (κ2) is 7.84. The Labute approximate surface area is 189 Å². The molecule has 0 saturated carbocycles. The molecule has 0 radical (unpaired) electrons. The lowest BCUT2D eigenvalue weighted by atomic mass is 10.0. The molecule has 3 fully saturated rings. The second-order valence-electron chi connectivity index (χ2n) is 9.75. The second-order valence-corrected chi connectivity index (χ2v) is 11.0. The van der Waals surface area contributed by atoms with Crippen molar-refractivity contribution in [3.05, 3.63) is 51.7 Å². The molecule has 2 N–H and O–H groups in total. The van der Waals surface area contributed by atoms with Crippen LogP contribution >= 0.6 is 11.3 Å². The maximum Gasteiger partial charge on any atom is 0.0736 e. The molecule has 1 aromatic heterocycles. The number of fused-ring (bicyclic) bond motifs is 2. The molecule has 4 aliphatic heterocycles. The summed E-state index contributed by atoms with van der Waals surface area (Å²) in [6.45, 7) is 11.5. The summed E-state index contributed by atoms with van der Waals surface area (Å²) in [5, 5.41) is 7.26. The number of benzene rings is 1. The van der Waals surface area contributed by atoms with Crippen molar-refractivity contribution in [3.8, 4) is 0 Å². The quantitative estimate of drug-likeness (QED) is 0.772. The average Bonchev–Trinajstić information content (AvgIpc) is 3.45. The largest absolute Gasteiger partial charge is 0.373 e. The normalized spacial score (nSPS) is 28.3. The molecule has 4 aliphatic rings. The lowest BCUT2D eigenvalue weighted by Crippen LogP contribution is -2.43. The van der Waals surface area contributed by atoms with Crippen LogP contribution in [0.5, 0.6) is 0 Å². The molecule has 0 amide bonds. The first-order valence-corrected chi connectivity index (χ1v) is 12.5. The molecule has 0 spiro atoms. The fourth-order valence-electron chi connectivity index (χ4n) is 5.92. The molecule has 6 rings (SSSR count). The maximum absolute atomic E-state index is 3.82. The highest BCUT2D eigenvalue weighted by Crippen LogP contribution is 2.45. The van der Waals surface area contributed by atoms with Gasteiger partial charge >= 0.3 is 0 Å². The molecule has 1 aromatic carbocycles. The van der Waals surface area contributed by atoms with Crippen molar-refractivity contribution < 1.29 is 0 Å². The summed E-state index contributed by atoms with van der Waals surface area (Å²) in [6, 6.07) is 11.8. The molecular weight excluding hydrogens is 402 g/mol. The summed E-state index contributed by atoms with van der Waals surface area (Å²) in [5.74, 6) is 1.64. The highest BCUT2D eigenvalue weighted by Gasteiger charge is 2.40. The van der Waals surface area contributed by atoms with Crippen molar-refractivity contribution >= 4 is 28.4 Å². The fraction of sp³-hybridized carbons (Fsp3) is 0.520. The molecule has 31 heavy (non-hydrogen) atoms. The Balaban J connectivity index is 1.27. The maximum atomic E-state index is 3.82. The number of hydrogen-bond donors (Lipinski definition) is 2. The van der Waals surface area contributed by atoms with Crippen LogP contribution in [0.15, 0.2) is 36.4 Å². The van der Waals surface area contributed by atoms with Crippen LogP contribution < -0.4 is 15.5 Å². The van der Waals surface area contributed by atoms with Crippen LogP contribution in [0.4, 0.5) is 11.4 Å². The summed E-state index contributed by atoms with van der Waals surface area (Å²) in [6.07, 6.45) is 2.49. The average molecular weight is 436 g/mol. The third-order valence-corrected chi connectivity index (χ3v) is 8.54. The minimum absolute atomic E-state index is 0.233. The lowest BCUT2D eigenvalue weighted by Gasteiger charge is -2.32. The molecule has 3 saturated heterocycles. The van der Waals surface area contributed by atoms with E-state index in [1.54, 1.807) is 0 Å². The zero-order valence-electron chi connectivity index (χ0n) is 18.6. The van der Waals surface area contributed by atoms with Crippen molar-refractivity contribution in [3.63, 3.8) is 0 Å². The number of aryl methyl sites for hydroxylation is 1. The molecule has 5 nitrogen and oxygen atoms in total. The van der Waals surface area contributed by atoms with Gasteiger partial charge in [-0.25, -0.2) is 0 Å². The van der Waals surface area contributed by atoms with Gasteiger partial charge < -0.3 is 25.3 Å². The van der Waals surface area contributed by atoms with E-state index in [2.05, 4.69) is 75.7 Å². The lowest BCUT2D eigenvalue weighted by molar-refractivity contribution is 0.341. The van der Waals surface area contributed by atoms with Gasteiger partial charge in [-0.3, -0.25) is 0 Å². The van der Waals surface area contributed by atoms with Gasteiger partial charge in [0.25, 0.3) is 0 Å². The van der Waals surface area contributed by atoms with Gasteiger partial charge in [0.1, 0.15) is 0 Å². The first-order valence-electron chi connectivity index (χ1n) is 11.7. The Morgan fingerprint density at radius 1 is 0.935 bits per heavy atom. The molecule has 5 heterocycles. The van der Waals surface area contributed by atoms with Gasteiger partial charge in [0.15, 0.2) is 0 Å². The van der Waals surface area contributed by atoms with Gasteiger partial charge in [0.2, 0.25) is 0 Å². The third-order valence-electron chi connectivity index (χ3n) is 7.47. The van der Waals surface area contributed by atoms with Crippen LogP contribution in [0.1, 0.15) is 21.4 Å². The predicted molar refractivity (Wildman–Crippen MR) is 131 cm³/mol. The number of hydrogen-bond acceptors (Lipinski definition) is 6. The summed E-state index contributed by atoms with van der Waals surface area (Å²) in [5.41, 5.74) is 5.46. The van der Waals surface area contributed by atoms with E-state index < -0.39 is 0 Å². The Hall–Kier alpha value is -2.02. The number of piperazine rings is 1. The van der Waals surface area contributed by atoms with Crippen molar-refractivity contribution in [1.82, 2.24) is 15.1 Å². The smallest absolute Gasteiger partial charge is 0.0736 e. The van der Waals surface area contributed by atoms with Gasteiger partial charge in [-0.1, -0.05) is 12.1 Å². The Morgan fingerprint density at radius 3 is 2.35 bits per heavy atom. The van der Waals surface area contributed by atoms with Gasteiger partial charge in [0, 0.05) is 62.9 Å². The summed E-state index contributed by atoms with van der Waals surface area (Å²) >= 11 is 1.94. The van der Waals surface area contributed by atoms with Crippen LogP contribution in [-0.4, -0.2) is 69.2 Å². The molecule has 164 valence electrons. The number of likely N-dealkylation sites (tertiary alicyclic amines) is 2. The van der Waals surface area contributed by atoms with Gasteiger partial charge in [-0.05, 0) is 55.6 Å². The standard InChI is InChI=1S/C25H33N5S/c1-17-11-23-25(31-17)24(30-15-19-13-28(2)14-20(19)16-30)12-22(27-23)18-3-5-21(6-4-18)29-9-7-26-8-10-29/h3-6,11-12,19-20,22,26-27H,7-10,13-16H2,1-2H3. The molecule has 6 heteroatoms. The molecule has 0 bridgehead atoms. The van der Waals surface area contributed by atoms with Crippen LogP contribution in [-0.2, 0) is 0 Å². The van der Waals surface area contributed by atoms with E-state index in [-0.39, 0.29) is 6.04 Å². The van der Waals surface area contributed by atoms with Crippen LogP contribution in [0.3, 0.4) is 0 Å². The number of rotatable bonds is 3. The number of nitrogens with one attached hydrogen (secondary N) is 2. The van der Waals surface area contributed by atoms with E-state index in [9.17, 15) is 0 Å². The summed E-state index contributed by atoms with van der Waals surface area (Å²) in [7, 11) is 2.27. The molecule has 2 aromatic rings. The molecule has 3 unspecified atom stereocenters. The van der Waals surface area contributed by atoms with Crippen molar-refractivity contribution in [2.75, 3.05) is 69.6 Å². The number of nitrogens with zero attached hydrogens (tertiary/aromatic N) is 3. The van der Waals surface area contributed by atoms with Gasteiger partial charge in [-0.15, -0.1) is 11.3 Å². The van der Waals surface area contributed by atoms with Gasteiger partial charge in [-0.2, -0.15) is 0 Å². The highest BCUT2D eigenvalue weighted by atomic mass is 32.1. The van der Waals surface area contributed by atoms with E-state index in [0.717, 1.165) is 38.0 Å². The zero-order valence-corrected chi connectivity index (χ0v) is 19.4. The van der Waals surface area contributed by atoms with Crippen molar-refractivity contribution in [2.45, 2.75) is 13.0 Å². The summed E-state index contributed by atoms with van der Waals surface area (Å²) in [4.78, 5) is 10.5. The first kappa shape index (κ1) is 19.6. The monoisotopic (exact) mass is 435 g/mol. The Bertz CT molecular complexity index is 960. The minimum atomic E-state index is 0.233. The zero-order chi connectivity index (χ0) is 20.9. The Morgan fingerprint density at radius 2 is 1.65 bits per heavy atom. The number of anilines is 2. The SMILES string of the molecule is Cc1cc2c(s1)C(N1CC3CN(C)CC3C1)=CC(c1ccc(N3CCNCC3)cc1)N2. The van der Waals surface area contributed by atoms with E-state index >= 15 is 0 Å². The van der Waals surface area contributed by atoms with Crippen LogP contribution in [0, 0.1) is 18.8 Å². The highest BCUT2D eigenvalue weighted by molar-refractivity contribution is 7.13. The molecule has 3 atom stereocenters. The van der Waals surface area contributed by atoms with E-state index in [1.165, 1.54) is 58.6 Å². The van der Waals surface area contributed by atoms with E-state index in [4.69, 9.17) is 0 Å². The van der Waals surface area contributed by atoms with Crippen LogP contribution in [0.25, 0.3) is 5.70 Å². The fourth-order valence-corrected chi connectivity index (χ4v) is 6.95. The number of thiophene rings is 1. The third kappa shape index (κ3) is 3.65. The molecular formula is C25H33N5S. The minimum Gasteiger partial charge on any atom is -0.373 e. The first-order chi connectivity index (χ1) is 15.1. The molecule has 0 aliphatic carbocycles. The Kier molecular flexibility index (Phi) is 4.97. The van der Waals surface area contributed by atoms with E-state index in [1.807, 2.05) is 11.3 Å². The topological polar surface area (TPSA) is 33.8 Å². The van der Waals surface area contributed by atoms with Crippen molar-refractivity contribution in [1.29, 1.82) is 0 Å². The van der Waals surface area contributed by atoms with E-state index in [0.29, 0.717) is 0 Å². The van der Waals surface area contributed by atoms with Crippen LogP contribution in [0.2, 0.25) is 0 Å². The summed E-state index contributed by atoms with van der Waals surface area (Å²) < 4.78 is 0. The van der Waals surface area contributed by atoms with Crippen molar-refractivity contribution in [2.24, 2.45) is 11.8 Å². The van der Waals surface area contributed by atoms with Gasteiger partial charge in [0.05, 0.1) is 22.3 Å².